The van der Waals surface area contributed by atoms with E-state index in [0.29, 0.717) is 12.3 Å². The lowest BCUT2D eigenvalue weighted by atomic mass is 10.0. The second kappa shape index (κ2) is 6.18. The average molecular weight is 299 g/mol. The molecular formula is C18H18FNO2. The van der Waals surface area contributed by atoms with Crippen molar-refractivity contribution >= 4 is 11.6 Å². The molecule has 1 aliphatic rings. The Morgan fingerprint density at radius 1 is 1.27 bits per heavy atom. The summed E-state index contributed by atoms with van der Waals surface area (Å²) in [5, 5.41) is 0. The number of rotatable bonds is 3. The Labute approximate surface area is 129 Å². The van der Waals surface area contributed by atoms with Crippen LogP contribution in [0.5, 0.6) is 5.75 Å². The summed E-state index contributed by atoms with van der Waals surface area (Å²) in [6, 6.07) is 12.2. The molecule has 0 unspecified atom stereocenters. The quantitative estimate of drug-likeness (QED) is 0.870. The molecule has 0 fully saturated rings. The number of halogens is 1. The fourth-order valence-electron chi connectivity index (χ4n) is 2.93. The van der Waals surface area contributed by atoms with E-state index in [1.165, 1.54) is 12.1 Å². The first kappa shape index (κ1) is 14.6. The van der Waals surface area contributed by atoms with E-state index in [4.69, 9.17) is 4.74 Å². The zero-order valence-electron chi connectivity index (χ0n) is 12.5. The number of amides is 1. The Hall–Kier alpha value is -2.36. The second-order valence-electron chi connectivity index (χ2n) is 5.41. The van der Waals surface area contributed by atoms with Gasteiger partial charge in [-0.05, 0) is 42.7 Å². The molecule has 3 rings (SSSR count). The van der Waals surface area contributed by atoms with Crippen LogP contribution in [0.2, 0.25) is 0 Å². The third-order valence-corrected chi connectivity index (χ3v) is 4.00. The maximum atomic E-state index is 13.3. The zero-order valence-corrected chi connectivity index (χ0v) is 12.5. The molecule has 0 bridgehead atoms. The van der Waals surface area contributed by atoms with Crippen LogP contribution in [0.25, 0.3) is 0 Å². The third kappa shape index (κ3) is 2.82. The van der Waals surface area contributed by atoms with Crippen molar-refractivity contribution in [3.63, 3.8) is 0 Å². The minimum atomic E-state index is -0.252. The van der Waals surface area contributed by atoms with Crippen LogP contribution in [0, 0.1) is 5.82 Å². The predicted molar refractivity (Wildman–Crippen MR) is 83.8 cm³/mol. The zero-order chi connectivity index (χ0) is 15.5. The first-order valence-corrected chi connectivity index (χ1v) is 7.39. The topological polar surface area (TPSA) is 29.5 Å². The summed E-state index contributed by atoms with van der Waals surface area (Å²) >= 11 is 0. The molecule has 0 spiro atoms. The van der Waals surface area contributed by atoms with E-state index in [2.05, 4.69) is 0 Å². The van der Waals surface area contributed by atoms with E-state index in [1.807, 2.05) is 24.3 Å². The lowest BCUT2D eigenvalue weighted by Gasteiger charge is -2.29. The van der Waals surface area contributed by atoms with Crippen LogP contribution >= 0.6 is 0 Å². The van der Waals surface area contributed by atoms with Crippen LogP contribution in [0.4, 0.5) is 10.1 Å². The predicted octanol–water partition coefficient (Wildman–Crippen LogP) is 3.36. The molecule has 1 aliphatic heterocycles. The molecule has 4 heteroatoms. The molecule has 1 amide bonds. The summed E-state index contributed by atoms with van der Waals surface area (Å²) in [7, 11) is 1.60. The van der Waals surface area contributed by atoms with Gasteiger partial charge in [0.05, 0.1) is 13.5 Å². The molecule has 0 saturated carbocycles. The number of fused-ring (bicyclic) bond motifs is 1. The highest BCUT2D eigenvalue weighted by molar-refractivity contribution is 5.96. The van der Waals surface area contributed by atoms with Gasteiger partial charge >= 0.3 is 0 Å². The van der Waals surface area contributed by atoms with Gasteiger partial charge in [-0.2, -0.15) is 0 Å². The van der Waals surface area contributed by atoms with Crippen molar-refractivity contribution in [3.8, 4) is 5.75 Å². The molecule has 0 saturated heterocycles. The summed E-state index contributed by atoms with van der Waals surface area (Å²) < 4.78 is 18.6. The van der Waals surface area contributed by atoms with Crippen molar-refractivity contribution in [1.82, 2.24) is 0 Å². The monoisotopic (exact) mass is 299 g/mol. The first-order chi connectivity index (χ1) is 10.7. The van der Waals surface area contributed by atoms with Gasteiger partial charge in [-0.1, -0.05) is 18.2 Å². The molecule has 2 aromatic carbocycles. The van der Waals surface area contributed by atoms with Gasteiger partial charge in [0.15, 0.2) is 0 Å². The minimum absolute atomic E-state index is 0.0112. The molecule has 2 aromatic rings. The number of para-hydroxylation sites is 1. The first-order valence-electron chi connectivity index (χ1n) is 7.39. The molecule has 0 aromatic heterocycles. The van der Waals surface area contributed by atoms with E-state index in [0.717, 1.165) is 29.7 Å². The van der Waals surface area contributed by atoms with Crippen molar-refractivity contribution in [2.45, 2.75) is 19.3 Å². The third-order valence-electron chi connectivity index (χ3n) is 4.00. The van der Waals surface area contributed by atoms with Crippen molar-refractivity contribution in [3.05, 3.63) is 59.4 Å². The van der Waals surface area contributed by atoms with Gasteiger partial charge in [-0.3, -0.25) is 4.79 Å². The Morgan fingerprint density at radius 2 is 2.09 bits per heavy atom. The molecule has 114 valence electrons. The van der Waals surface area contributed by atoms with Crippen LogP contribution in [0.1, 0.15) is 17.5 Å². The summed E-state index contributed by atoms with van der Waals surface area (Å²) in [6.45, 7) is 0.673. The van der Waals surface area contributed by atoms with Crippen LogP contribution < -0.4 is 9.64 Å². The Balaban J connectivity index is 1.85. The lowest BCUT2D eigenvalue weighted by molar-refractivity contribution is -0.118. The van der Waals surface area contributed by atoms with Gasteiger partial charge in [-0.25, -0.2) is 4.39 Å². The summed E-state index contributed by atoms with van der Waals surface area (Å²) in [6.07, 6.45) is 1.94. The minimum Gasteiger partial charge on any atom is -0.496 e. The fourth-order valence-corrected chi connectivity index (χ4v) is 2.93. The van der Waals surface area contributed by atoms with Gasteiger partial charge in [-0.15, -0.1) is 0 Å². The van der Waals surface area contributed by atoms with E-state index < -0.39 is 0 Å². The second-order valence-corrected chi connectivity index (χ2v) is 5.41. The normalized spacial score (nSPS) is 13.6. The molecule has 0 N–H and O–H groups in total. The number of ether oxygens (including phenoxy) is 1. The number of hydrogen-bond donors (Lipinski definition) is 0. The van der Waals surface area contributed by atoms with Crippen molar-refractivity contribution < 1.29 is 13.9 Å². The maximum Gasteiger partial charge on any atom is 0.231 e. The molecule has 3 nitrogen and oxygen atoms in total. The summed E-state index contributed by atoms with van der Waals surface area (Å²) in [4.78, 5) is 14.4. The Bertz CT molecular complexity index is 699. The summed E-state index contributed by atoms with van der Waals surface area (Å²) in [5.74, 6) is 0.474. The van der Waals surface area contributed by atoms with Crippen LogP contribution in [0.15, 0.2) is 42.5 Å². The molecule has 1 heterocycles. The largest absolute Gasteiger partial charge is 0.496 e. The molecular weight excluding hydrogens is 281 g/mol. The molecule has 0 aliphatic carbocycles. The number of aryl methyl sites for hydroxylation is 1. The number of methoxy groups -OCH3 is 1. The van der Waals surface area contributed by atoms with Crippen molar-refractivity contribution in [2.24, 2.45) is 0 Å². The molecule has 0 radical (unpaired) electrons. The van der Waals surface area contributed by atoms with Gasteiger partial charge < -0.3 is 9.64 Å². The molecule has 22 heavy (non-hydrogen) atoms. The van der Waals surface area contributed by atoms with Gasteiger partial charge in [0.25, 0.3) is 0 Å². The number of anilines is 1. The van der Waals surface area contributed by atoms with Crippen LogP contribution in [-0.4, -0.2) is 19.6 Å². The van der Waals surface area contributed by atoms with Crippen molar-refractivity contribution in [1.29, 1.82) is 0 Å². The number of carbonyl (C=O) groups is 1. The van der Waals surface area contributed by atoms with Gasteiger partial charge in [0.2, 0.25) is 5.91 Å². The average Bonchev–Trinajstić information content (AvgIpc) is 2.54. The standard InChI is InChI=1S/C18H18FNO2/c1-22-17-7-3-2-5-14(17)12-18(21)20-10-4-6-13-11-15(19)8-9-16(13)20/h2-3,5,7-9,11H,4,6,10,12H2,1H3. The Morgan fingerprint density at radius 3 is 2.91 bits per heavy atom. The number of benzene rings is 2. The maximum absolute atomic E-state index is 13.3. The fraction of sp³-hybridized carbons (Fsp3) is 0.278. The SMILES string of the molecule is COc1ccccc1CC(=O)N1CCCc2cc(F)ccc21. The number of hydrogen-bond acceptors (Lipinski definition) is 2. The van der Waals surface area contributed by atoms with E-state index in [-0.39, 0.29) is 18.1 Å². The van der Waals surface area contributed by atoms with Crippen molar-refractivity contribution in [2.75, 3.05) is 18.6 Å². The van der Waals surface area contributed by atoms with Gasteiger partial charge in [0, 0.05) is 17.8 Å². The highest BCUT2D eigenvalue weighted by Crippen LogP contribution is 2.29. The smallest absolute Gasteiger partial charge is 0.231 e. The van der Waals surface area contributed by atoms with E-state index in [9.17, 15) is 9.18 Å². The number of nitrogens with zero attached hydrogens (tertiary/aromatic N) is 1. The van der Waals surface area contributed by atoms with E-state index >= 15 is 0 Å². The highest BCUT2D eigenvalue weighted by Gasteiger charge is 2.23. The van der Waals surface area contributed by atoms with Crippen LogP contribution in [-0.2, 0) is 17.6 Å². The van der Waals surface area contributed by atoms with Crippen LogP contribution in [0.3, 0.4) is 0 Å². The van der Waals surface area contributed by atoms with E-state index in [1.54, 1.807) is 18.1 Å². The summed E-state index contributed by atoms with van der Waals surface area (Å²) in [5.41, 5.74) is 2.59. The Kier molecular flexibility index (Phi) is 4.09. The lowest BCUT2D eigenvalue weighted by Crippen LogP contribution is -2.36. The molecule has 0 atom stereocenters. The van der Waals surface area contributed by atoms with Gasteiger partial charge in [0.1, 0.15) is 11.6 Å². The highest BCUT2D eigenvalue weighted by atomic mass is 19.1. The number of carbonyl (C=O) groups excluding carboxylic acids is 1.